The Morgan fingerprint density at radius 3 is 2.33 bits per heavy atom. The second kappa shape index (κ2) is 8.21. The zero-order chi connectivity index (χ0) is 11.7. The number of halogens is 1. The van der Waals surface area contributed by atoms with E-state index < -0.39 is 0 Å². The van der Waals surface area contributed by atoms with Crippen molar-refractivity contribution in [2.45, 2.75) is 59.8 Å². The molecule has 15 heavy (non-hydrogen) atoms. The summed E-state index contributed by atoms with van der Waals surface area (Å²) >= 11 is 5.72. The zero-order valence-corrected chi connectivity index (χ0v) is 11.6. The van der Waals surface area contributed by atoms with Gasteiger partial charge in [0.2, 0.25) is 0 Å². The average Bonchev–Trinajstić information content (AvgIpc) is 2.16. The van der Waals surface area contributed by atoms with Crippen molar-refractivity contribution < 1.29 is 0 Å². The lowest BCUT2D eigenvalue weighted by molar-refractivity contribution is 0.317. The first kappa shape index (κ1) is 15.0. The summed E-state index contributed by atoms with van der Waals surface area (Å²) in [7, 11) is 0. The molecule has 0 aromatic rings. The van der Waals surface area contributed by atoms with Crippen molar-refractivity contribution in [2.24, 2.45) is 11.3 Å². The highest BCUT2D eigenvalue weighted by molar-refractivity contribution is 6.17. The summed E-state index contributed by atoms with van der Waals surface area (Å²) in [6, 6.07) is 0. The molecule has 0 unspecified atom stereocenters. The van der Waals surface area contributed by atoms with Gasteiger partial charge < -0.3 is 0 Å². The molecule has 0 aliphatic rings. The summed E-state index contributed by atoms with van der Waals surface area (Å²) in [6.45, 7) is 9.10. The van der Waals surface area contributed by atoms with Crippen LogP contribution in [0, 0.1) is 11.3 Å². The maximum absolute atomic E-state index is 5.72. The van der Waals surface area contributed by atoms with Crippen LogP contribution in [0.5, 0.6) is 0 Å². The maximum atomic E-state index is 5.72. The lowest BCUT2D eigenvalue weighted by Crippen LogP contribution is -2.14. The molecule has 0 aliphatic carbocycles. The molecule has 0 aliphatic heterocycles. The highest BCUT2D eigenvalue weighted by Crippen LogP contribution is 2.33. The predicted molar refractivity (Wildman–Crippen MR) is 71.6 cm³/mol. The van der Waals surface area contributed by atoms with Gasteiger partial charge in [-0.25, -0.2) is 0 Å². The van der Waals surface area contributed by atoms with E-state index in [4.69, 9.17) is 11.6 Å². The van der Waals surface area contributed by atoms with Gasteiger partial charge in [-0.3, -0.25) is 0 Å². The quantitative estimate of drug-likeness (QED) is 0.297. The molecular weight excluding hydrogens is 204 g/mol. The van der Waals surface area contributed by atoms with Crippen LogP contribution in [-0.2, 0) is 0 Å². The standard InChI is InChI=1S/C14H27Cl/c1-5-9-14(4,10-6-7-12-15)11-8-13(2)3/h5,9,13H,6-8,10-12H2,1-4H3/b9-5-/t14-/m0/s1. The van der Waals surface area contributed by atoms with Crippen LogP contribution in [-0.4, -0.2) is 5.88 Å². The molecule has 0 radical (unpaired) electrons. The third-order valence-corrected chi connectivity index (χ3v) is 3.26. The van der Waals surface area contributed by atoms with Gasteiger partial charge in [0, 0.05) is 5.88 Å². The first-order valence-electron chi connectivity index (χ1n) is 6.24. The maximum Gasteiger partial charge on any atom is 0.0223 e. The third kappa shape index (κ3) is 7.90. The lowest BCUT2D eigenvalue weighted by atomic mass is 9.79. The third-order valence-electron chi connectivity index (χ3n) is 2.99. The largest absolute Gasteiger partial charge is 0.127 e. The molecule has 0 aromatic carbocycles. The minimum absolute atomic E-state index is 0.394. The van der Waals surface area contributed by atoms with Crippen LogP contribution in [0.25, 0.3) is 0 Å². The fourth-order valence-electron chi connectivity index (χ4n) is 1.94. The van der Waals surface area contributed by atoms with E-state index in [1.807, 2.05) is 0 Å². The van der Waals surface area contributed by atoms with Crippen molar-refractivity contribution in [1.82, 2.24) is 0 Å². The first-order valence-corrected chi connectivity index (χ1v) is 6.77. The lowest BCUT2D eigenvalue weighted by Gasteiger charge is -2.27. The number of hydrogen-bond donors (Lipinski definition) is 0. The Balaban J connectivity index is 4.06. The van der Waals surface area contributed by atoms with Crippen molar-refractivity contribution in [2.75, 3.05) is 5.88 Å². The predicted octanol–water partition coefficient (Wildman–Crippen LogP) is 5.41. The monoisotopic (exact) mass is 230 g/mol. The van der Waals surface area contributed by atoms with Gasteiger partial charge in [0.1, 0.15) is 0 Å². The highest BCUT2D eigenvalue weighted by Gasteiger charge is 2.19. The number of allylic oxidation sites excluding steroid dienone is 2. The van der Waals surface area contributed by atoms with Crippen LogP contribution < -0.4 is 0 Å². The average molecular weight is 231 g/mol. The van der Waals surface area contributed by atoms with Crippen molar-refractivity contribution in [3.63, 3.8) is 0 Å². The minimum Gasteiger partial charge on any atom is -0.127 e. The molecule has 0 rings (SSSR count). The van der Waals surface area contributed by atoms with Crippen LogP contribution >= 0.6 is 11.6 Å². The Labute approximate surface area is 101 Å². The first-order chi connectivity index (χ1) is 7.04. The van der Waals surface area contributed by atoms with Crippen molar-refractivity contribution in [3.05, 3.63) is 12.2 Å². The van der Waals surface area contributed by atoms with Crippen molar-refractivity contribution >= 4 is 11.6 Å². The van der Waals surface area contributed by atoms with E-state index >= 15 is 0 Å². The van der Waals surface area contributed by atoms with Gasteiger partial charge in [0.05, 0.1) is 0 Å². The summed E-state index contributed by atoms with van der Waals surface area (Å²) < 4.78 is 0. The van der Waals surface area contributed by atoms with Gasteiger partial charge in [-0.1, -0.05) is 45.8 Å². The van der Waals surface area contributed by atoms with E-state index in [2.05, 4.69) is 39.8 Å². The van der Waals surface area contributed by atoms with E-state index in [1.165, 1.54) is 25.7 Å². The molecule has 0 aromatic heterocycles. The van der Waals surface area contributed by atoms with Crippen LogP contribution in [0.4, 0.5) is 0 Å². The Bertz CT molecular complexity index is 172. The summed E-state index contributed by atoms with van der Waals surface area (Å²) in [5.74, 6) is 1.61. The van der Waals surface area contributed by atoms with E-state index in [1.54, 1.807) is 0 Å². The van der Waals surface area contributed by atoms with Crippen LogP contribution in [0.2, 0.25) is 0 Å². The van der Waals surface area contributed by atoms with Crippen LogP contribution in [0.3, 0.4) is 0 Å². The molecule has 0 spiro atoms. The number of alkyl halides is 1. The highest BCUT2D eigenvalue weighted by atomic mass is 35.5. The molecular formula is C14H27Cl. The van der Waals surface area contributed by atoms with Crippen molar-refractivity contribution in [1.29, 1.82) is 0 Å². The normalized spacial score (nSPS) is 16.1. The van der Waals surface area contributed by atoms with Crippen LogP contribution in [0.1, 0.15) is 59.8 Å². The molecule has 0 fully saturated rings. The number of rotatable bonds is 8. The van der Waals surface area contributed by atoms with E-state index in [9.17, 15) is 0 Å². The summed E-state index contributed by atoms with van der Waals surface area (Å²) in [5.41, 5.74) is 0.394. The molecule has 0 N–H and O–H groups in total. The van der Waals surface area contributed by atoms with Gasteiger partial charge in [0.25, 0.3) is 0 Å². The summed E-state index contributed by atoms with van der Waals surface area (Å²) in [4.78, 5) is 0. The fraction of sp³-hybridized carbons (Fsp3) is 0.857. The Morgan fingerprint density at radius 1 is 1.20 bits per heavy atom. The molecule has 1 heteroatoms. The molecule has 90 valence electrons. The molecule has 0 amide bonds. The molecule has 0 saturated heterocycles. The minimum atomic E-state index is 0.394. The van der Waals surface area contributed by atoms with Gasteiger partial charge >= 0.3 is 0 Å². The second-order valence-corrected chi connectivity index (χ2v) is 5.61. The topological polar surface area (TPSA) is 0 Å². The molecule has 0 saturated carbocycles. The SMILES string of the molecule is C/C=C\[C@@](C)(CCCCCl)CCC(C)C. The van der Waals surface area contributed by atoms with E-state index in [0.717, 1.165) is 18.2 Å². The molecule has 0 bridgehead atoms. The second-order valence-electron chi connectivity index (χ2n) is 5.23. The Kier molecular flexibility index (Phi) is 8.23. The van der Waals surface area contributed by atoms with Gasteiger partial charge in [0.15, 0.2) is 0 Å². The molecule has 0 nitrogen and oxygen atoms in total. The molecule has 1 atom stereocenters. The van der Waals surface area contributed by atoms with Crippen LogP contribution in [0.15, 0.2) is 12.2 Å². The number of hydrogen-bond acceptors (Lipinski definition) is 0. The van der Waals surface area contributed by atoms with Gasteiger partial charge in [-0.2, -0.15) is 0 Å². The van der Waals surface area contributed by atoms with E-state index in [0.29, 0.717) is 5.41 Å². The smallest absolute Gasteiger partial charge is 0.0223 e. The summed E-state index contributed by atoms with van der Waals surface area (Å²) in [5, 5.41) is 0. The van der Waals surface area contributed by atoms with Crippen molar-refractivity contribution in [3.8, 4) is 0 Å². The summed E-state index contributed by atoms with van der Waals surface area (Å²) in [6.07, 6.45) is 10.9. The Morgan fingerprint density at radius 2 is 1.87 bits per heavy atom. The van der Waals surface area contributed by atoms with Gasteiger partial charge in [-0.05, 0) is 37.5 Å². The fourth-order valence-corrected chi connectivity index (χ4v) is 2.12. The molecule has 0 heterocycles. The Hall–Kier alpha value is 0.0300. The van der Waals surface area contributed by atoms with E-state index in [-0.39, 0.29) is 0 Å². The van der Waals surface area contributed by atoms with Gasteiger partial charge in [-0.15, -0.1) is 11.6 Å². The zero-order valence-electron chi connectivity index (χ0n) is 10.9. The number of unbranched alkanes of at least 4 members (excludes halogenated alkanes) is 1.